The van der Waals surface area contributed by atoms with Gasteiger partial charge < -0.3 is 35.5 Å². The van der Waals surface area contributed by atoms with Crippen molar-refractivity contribution in [1.82, 2.24) is 5.32 Å². The van der Waals surface area contributed by atoms with Gasteiger partial charge in [0.25, 0.3) is 0 Å². The minimum Gasteiger partial charge on any atom is -0.508 e. The number of benzene rings is 1. The number of aliphatic hydroxyl groups excluding tert-OH is 1. The molecule has 0 saturated heterocycles. The SMILES string of the molecule is C#CC.C=C(CC(C)(C)C=O)OC1CCC2(C)C(CCC3(C)C4CCC5(NCc6cc(O)c(C)c(OC)c6)CCCC5C4CCC32)C1(C)C.C=CC.CC.CN.CO. The quantitative estimate of drug-likeness (QED) is 0.0850. The number of aldehydes is 1. The van der Waals surface area contributed by atoms with Crippen LogP contribution in [0.25, 0.3) is 0 Å². The number of allylic oxidation sites excluding steroid dienone is 2. The Morgan fingerprint density at radius 1 is 0.983 bits per heavy atom. The number of carbonyl (C=O) groups excluding carboxylic acids is 1. The second-order valence-electron chi connectivity index (χ2n) is 19.0. The van der Waals surface area contributed by atoms with Gasteiger partial charge in [0.05, 0.1) is 12.9 Å². The number of methoxy groups -OCH3 is 1. The molecule has 9 atom stereocenters. The first-order valence-corrected chi connectivity index (χ1v) is 22.3. The van der Waals surface area contributed by atoms with E-state index < -0.39 is 5.41 Å². The summed E-state index contributed by atoms with van der Waals surface area (Å²) >= 11 is 0. The Morgan fingerprint density at radius 2 is 1.57 bits per heavy atom. The van der Waals surface area contributed by atoms with Crippen molar-refractivity contribution >= 4 is 6.29 Å². The third-order valence-corrected chi connectivity index (χ3v) is 15.0. The summed E-state index contributed by atoms with van der Waals surface area (Å²) in [5.41, 5.74) is 7.02. The predicted octanol–water partition coefficient (Wildman–Crippen LogP) is 11.6. The molecule has 0 heterocycles. The molecule has 0 bridgehead atoms. The van der Waals surface area contributed by atoms with Crippen LogP contribution >= 0.6 is 0 Å². The van der Waals surface area contributed by atoms with Gasteiger partial charge in [0, 0.05) is 42.0 Å². The lowest BCUT2D eigenvalue weighted by Gasteiger charge is -2.69. The van der Waals surface area contributed by atoms with Crippen molar-refractivity contribution in [2.24, 2.45) is 57.0 Å². The summed E-state index contributed by atoms with van der Waals surface area (Å²) in [5, 5.41) is 21.7. The van der Waals surface area contributed by atoms with Crippen LogP contribution in [0.1, 0.15) is 157 Å². The van der Waals surface area contributed by atoms with Crippen LogP contribution < -0.4 is 15.8 Å². The number of rotatable bonds is 9. The van der Waals surface area contributed by atoms with Crippen LogP contribution in [-0.4, -0.2) is 49.4 Å². The van der Waals surface area contributed by atoms with Crippen molar-refractivity contribution < 1.29 is 24.5 Å². The first-order valence-electron chi connectivity index (χ1n) is 22.3. The Balaban J connectivity index is 0.00000127. The van der Waals surface area contributed by atoms with Crippen molar-refractivity contribution in [3.8, 4) is 23.8 Å². The number of nitrogens with two attached hydrogens (primary N) is 1. The standard InChI is InChI=1S/C41H63NO4.C3H6.C3H4.C2H6.CH5N.CH4O/c1-26(23-37(3,4)25-43)46-36-16-19-40(8)34(38(36,5)6)15-18-39(7)30-14-20-41(17-10-11-31(41)29(30)12-13-35(39)40)42-24-28-21-32(44)27(2)33(22-28)45-9;2*1-3-2;3*1-2/h21-22,25,29-31,34-36,42,44H,1,10-20,23-24H2,2-9H3;3H,1H2,2H3;1H,2H3;1-2H3;2H2,1H3;2H,1H3. The fraction of sp³-hybridized carbons (Fsp3) is 0.745. The fourth-order valence-electron chi connectivity index (χ4n) is 12.8. The van der Waals surface area contributed by atoms with Crippen LogP contribution in [0, 0.1) is 70.5 Å². The van der Waals surface area contributed by atoms with Crippen LogP contribution in [0.15, 0.2) is 37.1 Å². The van der Waals surface area contributed by atoms with Gasteiger partial charge in [-0.1, -0.05) is 74.5 Å². The van der Waals surface area contributed by atoms with E-state index in [1.807, 2.05) is 47.6 Å². The van der Waals surface area contributed by atoms with Gasteiger partial charge in [-0.3, -0.25) is 0 Å². The summed E-state index contributed by atoms with van der Waals surface area (Å²) in [6.45, 7) is 32.1. The van der Waals surface area contributed by atoms with E-state index in [2.05, 4.69) is 70.3 Å². The number of aromatic hydroxyl groups is 1. The van der Waals surface area contributed by atoms with E-state index in [-0.39, 0.29) is 17.1 Å². The van der Waals surface area contributed by atoms with Crippen molar-refractivity contribution in [1.29, 1.82) is 0 Å². The largest absolute Gasteiger partial charge is 0.508 e. The number of phenols is 1. The first-order chi connectivity index (χ1) is 27.4. The molecule has 5 aliphatic carbocycles. The van der Waals surface area contributed by atoms with Crippen molar-refractivity contribution in [3.63, 3.8) is 0 Å². The average Bonchev–Trinajstić information content (AvgIpc) is 3.64. The summed E-state index contributed by atoms with van der Waals surface area (Å²) in [6.07, 6.45) is 22.4. The minimum absolute atomic E-state index is 0.0730. The number of hydrogen-bond acceptors (Lipinski definition) is 7. The molecule has 5 saturated carbocycles. The van der Waals surface area contributed by atoms with Gasteiger partial charge in [0.2, 0.25) is 0 Å². The van der Waals surface area contributed by atoms with Gasteiger partial charge in [-0.25, -0.2) is 0 Å². The number of fused-ring (bicyclic) bond motifs is 7. The van der Waals surface area contributed by atoms with Crippen LogP contribution in [0.5, 0.6) is 11.5 Å². The zero-order valence-corrected chi connectivity index (χ0v) is 39.7. The molecular formula is C51H88N2O5. The van der Waals surface area contributed by atoms with Crippen molar-refractivity contribution in [3.05, 3.63) is 48.3 Å². The van der Waals surface area contributed by atoms with Crippen LogP contribution in [0.2, 0.25) is 0 Å². The van der Waals surface area contributed by atoms with Crippen LogP contribution in [0.3, 0.4) is 0 Å². The highest BCUT2D eigenvalue weighted by Crippen LogP contribution is 2.72. The molecule has 0 aliphatic heterocycles. The maximum atomic E-state index is 11.6. The molecule has 5 aliphatic rings. The second kappa shape index (κ2) is 23.3. The number of hydrogen-bond donors (Lipinski definition) is 4. The van der Waals surface area contributed by atoms with E-state index in [9.17, 15) is 9.90 Å². The molecule has 0 spiro atoms. The maximum absolute atomic E-state index is 11.6. The number of aliphatic hydroxyl groups is 1. The van der Waals surface area contributed by atoms with Gasteiger partial charge in [0.15, 0.2) is 0 Å². The predicted molar refractivity (Wildman–Crippen MR) is 246 cm³/mol. The number of ether oxygens (including phenoxy) is 2. The number of phenolic OH excluding ortho intramolecular Hbond substituents is 1. The topological polar surface area (TPSA) is 114 Å². The molecule has 7 heteroatoms. The smallest absolute Gasteiger partial charge is 0.126 e. The summed E-state index contributed by atoms with van der Waals surface area (Å²) < 4.78 is 12.2. The zero-order chi connectivity index (χ0) is 44.7. The molecule has 0 radical (unpaired) electrons. The molecule has 332 valence electrons. The van der Waals surface area contributed by atoms with Gasteiger partial charge in [0.1, 0.15) is 23.9 Å². The first kappa shape index (κ1) is 53.2. The molecular weight excluding hydrogens is 721 g/mol. The summed E-state index contributed by atoms with van der Waals surface area (Å²) in [4.78, 5) is 11.6. The molecule has 0 amide bonds. The Kier molecular flexibility index (Phi) is 21.4. The number of nitrogens with one attached hydrogen (secondary N) is 1. The Labute approximate surface area is 356 Å². The molecule has 9 unspecified atom stereocenters. The van der Waals surface area contributed by atoms with Gasteiger partial charge in [-0.15, -0.1) is 18.9 Å². The molecule has 58 heavy (non-hydrogen) atoms. The highest BCUT2D eigenvalue weighted by atomic mass is 16.5. The highest BCUT2D eigenvalue weighted by molar-refractivity contribution is 5.58. The lowest BCUT2D eigenvalue weighted by atomic mass is 9.36. The van der Waals surface area contributed by atoms with Gasteiger partial charge >= 0.3 is 0 Å². The van der Waals surface area contributed by atoms with E-state index in [1.165, 1.54) is 71.3 Å². The van der Waals surface area contributed by atoms with Crippen molar-refractivity contribution in [2.45, 2.75) is 171 Å². The molecule has 6 rings (SSSR count). The lowest BCUT2D eigenvalue weighted by molar-refractivity contribution is -0.214. The minimum atomic E-state index is -0.431. The second-order valence-corrected chi connectivity index (χ2v) is 19.0. The fourth-order valence-corrected chi connectivity index (χ4v) is 12.8. The monoisotopic (exact) mass is 809 g/mol. The molecule has 1 aromatic carbocycles. The zero-order valence-electron chi connectivity index (χ0n) is 39.7. The Hall–Kier alpha value is -2.79. The lowest BCUT2D eigenvalue weighted by Crippen LogP contribution is -2.64. The van der Waals surface area contributed by atoms with E-state index in [0.29, 0.717) is 28.9 Å². The van der Waals surface area contributed by atoms with Crippen LogP contribution in [0.4, 0.5) is 0 Å². The summed E-state index contributed by atoms with van der Waals surface area (Å²) in [5.74, 6) is 7.89. The highest BCUT2D eigenvalue weighted by Gasteiger charge is 2.66. The average molecular weight is 809 g/mol. The number of carbonyl (C=O) groups is 1. The molecule has 5 fully saturated rings. The third kappa shape index (κ3) is 11.3. The van der Waals surface area contributed by atoms with Crippen LogP contribution in [-0.2, 0) is 16.1 Å². The third-order valence-electron chi connectivity index (χ3n) is 15.0. The van der Waals surface area contributed by atoms with Gasteiger partial charge in [-0.2, -0.15) is 0 Å². The summed E-state index contributed by atoms with van der Waals surface area (Å²) in [7, 11) is 4.19. The Bertz CT molecular complexity index is 1480. The molecule has 5 N–H and O–H groups in total. The molecule has 7 nitrogen and oxygen atoms in total. The van der Waals surface area contributed by atoms with Crippen molar-refractivity contribution in [2.75, 3.05) is 21.3 Å². The Morgan fingerprint density at radius 3 is 2.14 bits per heavy atom. The molecule has 1 aromatic rings. The maximum Gasteiger partial charge on any atom is 0.126 e. The molecule has 0 aromatic heterocycles. The number of terminal acetylenes is 1. The normalized spacial score (nSPS) is 32.2. The van der Waals surface area contributed by atoms with E-state index >= 15 is 0 Å². The van der Waals surface area contributed by atoms with E-state index in [1.54, 1.807) is 20.1 Å². The summed E-state index contributed by atoms with van der Waals surface area (Å²) in [6, 6.07) is 4.02. The van der Waals surface area contributed by atoms with E-state index in [4.69, 9.17) is 14.6 Å². The van der Waals surface area contributed by atoms with Gasteiger partial charge in [-0.05, 0) is 150 Å². The van der Waals surface area contributed by atoms with E-state index in [0.717, 1.165) is 72.7 Å².